The molecule has 2 heterocycles. The number of carbonyl (C=O) groups is 1. The van der Waals surface area contributed by atoms with Gasteiger partial charge in [0.2, 0.25) is 0 Å². The number of carbonyl (C=O) groups excluding carboxylic acids is 1. The minimum atomic E-state index is -1.17. The van der Waals surface area contributed by atoms with Crippen LogP contribution in [0.25, 0.3) is 0 Å². The van der Waals surface area contributed by atoms with Crippen LogP contribution in [0.3, 0.4) is 0 Å². The third-order valence-electron chi connectivity index (χ3n) is 3.03. The summed E-state index contributed by atoms with van der Waals surface area (Å²) in [6.07, 6.45) is -1.44. The highest BCUT2D eigenvalue weighted by molar-refractivity contribution is 5.68. The van der Waals surface area contributed by atoms with E-state index in [1.54, 1.807) is 20.8 Å². The highest BCUT2D eigenvalue weighted by atomic mass is 19.1. The molecule has 0 aliphatic carbocycles. The van der Waals surface area contributed by atoms with Gasteiger partial charge in [-0.25, -0.2) is 9.18 Å². The summed E-state index contributed by atoms with van der Waals surface area (Å²) < 4.78 is 29.7. The Kier molecular flexibility index (Phi) is 4.30. The lowest BCUT2D eigenvalue weighted by molar-refractivity contribution is -0.0547. The van der Waals surface area contributed by atoms with Gasteiger partial charge in [-0.05, 0) is 27.2 Å². The molecule has 0 spiro atoms. The maximum absolute atomic E-state index is 13.9. The van der Waals surface area contributed by atoms with Gasteiger partial charge >= 0.3 is 6.09 Å². The van der Waals surface area contributed by atoms with Crippen molar-refractivity contribution < 1.29 is 23.4 Å². The molecule has 2 fully saturated rings. The first-order valence-corrected chi connectivity index (χ1v) is 6.70. The average Bonchev–Trinajstić information content (AvgIpc) is 3.08. The third-order valence-corrected chi connectivity index (χ3v) is 3.03. The number of rotatable bonds is 3. The molecule has 19 heavy (non-hydrogen) atoms. The maximum Gasteiger partial charge on any atom is 0.410 e. The molecular weight excluding hydrogens is 253 g/mol. The van der Waals surface area contributed by atoms with Gasteiger partial charge in [0.1, 0.15) is 17.9 Å². The zero-order chi connectivity index (χ0) is 14.0. The number of likely N-dealkylation sites (tertiary alicyclic amines) is 1. The Bertz CT molecular complexity index is 327. The fraction of sp³-hybridized carbons (Fsp3) is 0.923. The highest BCUT2D eigenvalue weighted by Gasteiger charge is 2.35. The summed E-state index contributed by atoms with van der Waals surface area (Å²) in [5.41, 5.74) is -0.556. The predicted molar refractivity (Wildman–Crippen MR) is 66.8 cm³/mol. The molecule has 2 saturated heterocycles. The van der Waals surface area contributed by atoms with Crippen LogP contribution in [-0.2, 0) is 14.2 Å². The lowest BCUT2D eigenvalue weighted by atomic mass is 10.1. The minimum absolute atomic E-state index is 0.0328. The molecule has 3 atom stereocenters. The largest absolute Gasteiger partial charge is 0.444 e. The third kappa shape index (κ3) is 4.62. The van der Waals surface area contributed by atoms with E-state index in [0.29, 0.717) is 26.2 Å². The molecule has 0 aromatic rings. The molecule has 0 unspecified atom stereocenters. The van der Waals surface area contributed by atoms with Crippen molar-refractivity contribution >= 4 is 6.09 Å². The monoisotopic (exact) mass is 275 g/mol. The first-order valence-electron chi connectivity index (χ1n) is 6.70. The normalized spacial score (nSPS) is 31.2. The molecule has 0 radical (unpaired) electrons. The van der Waals surface area contributed by atoms with Gasteiger partial charge in [-0.2, -0.15) is 0 Å². The summed E-state index contributed by atoms with van der Waals surface area (Å²) in [7, 11) is 0. The van der Waals surface area contributed by atoms with Gasteiger partial charge in [0, 0.05) is 6.54 Å². The Morgan fingerprint density at radius 3 is 2.68 bits per heavy atom. The molecule has 1 amide bonds. The second kappa shape index (κ2) is 5.63. The smallest absolute Gasteiger partial charge is 0.410 e. The van der Waals surface area contributed by atoms with Crippen LogP contribution in [0.1, 0.15) is 27.2 Å². The van der Waals surface area contributed by atoms with E-state index < -0.39 is 24.0 Å². The topological polar surface area (TPSA) is 51.3 Å². The van der Waals surface area contributed by atoms with Gasteiger partial charge in [0.05, 0.1) is 25.9 Å². The van der Waals surface area contributed by atoms with Crippen molar-refractivity contribution in [3.8, 4) is 0 Å². The maximum atomic E-state index is 13.9. The van der Waals surface area contributed by atoms with Crippen molar-refractivity contribution in [2.45, 2.75) is 51.2 Å². The number of hydrogen-bond acceptors (Lipinski definition) is 4. The lowest BCUT2D eigenvalue weighted by Crippen LogP contribution is -2.49. The number of piperidine rings is 1. The average molecular weight is 275 g/mol. The molecule has 0 saturated carbocycles. The van der Waals surface area contributed by atoms with E-state index in [1.807, 2.05) is 0 Å². The van der Waals surface area contributed by atoms with Gasteiger partial charge in [-0.1, -0.05) is 0 Å². The summed E-state index contributed by atoms with van der Waals surface area (Å²) in [5, 5.41) is 0. The zero-order valence-corrected chi connectivity index (χ0v) is 11.7. The molecule has 0 aromatic carbocycles. The predicted octanol–water partition coefficient (Wildman–Crippen LogP) is 1.75. The fourth-order valence-corrected chi connectivity index (χ4v) is 1.96. The number of hydrogen-bond donors (Lipinski definition) is 0. The molecule has 0 aromatic heterocycles. The van der Waals surface area contributed by atoms with Crippen molar-refractivity contribution in [2.75, 3.05) is 26.3 Å². The van der Waals surface area contributed by atoms with Crippen LogP contribution in [0.15, 0.2) is 0 Å². The van der Waals surface area contributed by atoms with E-state index >= 15 is 0 Å². The molecule has 0 bridgehead atoms. The fourth-order valence-electron chi connectivity index (χ4n) is 1.96. The van der Waals surface area contributed by atoms with E-state index in [0.717, 1.165) is 0 Å². The second-order valence-electron chi connectivity index (χ2n) is 6.06. The quantitative estimate of drug-likeness (QED) is 0.736. The van der Waals surface area contributed by atoms with Crippen LogP contribution in [0.2, 0.25) is 0 Å². The van der Waals surface area contributed by atoms with Crippen molar-refractivity contribution in [3.05, 3.63) is 0 Å². The van der Waals surface area contributed by atoms with Crippen LogP contribution in [0, 0.1) is 0 Å². The van der Waals surface area contributed by atoms with Gasteiger partial charge in [0.25, 0.3) is 0 Å². The second-order valence-corrected chi connectivity index (χ2v) is 6.06. The molecule has 6 heteroatoms. The van der Waals surface area contributed by atoms with Crippen molar-refractivity contribution in [3.63, 3.8) is 0 Å². The summed E-state index contributed by atoms with van der Waals surface area (Å²) in [5.74, 6) is 0. The number of amides is 1. The summed E-state index contributed by atoms with van der Waals surface area (Å²) in [4.78, 5) is 13.2. The molecule has 5 nitrogen and oxygen atoms in total. The summed E-state index contributed by atoms with van der Waals surface area (Å²) >= 11 is 0. The Hall–Kier alpha value is -0.880. The summed E-state index contributed by atoms with van der Waals surface area (Å²) in [6.45, 7) is 7.03. The zero-order valence-electron chi connectivity index (χ0n) is 11.7. The first kappa shape index (κ1) is 14.5. The van der Waals surface area contributed by atoms with Gasteiger partial charge in [0.15, 0.2) is 0 Å². The van der Waals surface area contributed by atoms with Gasteiger partial charge in [-0.15, -0.1) is 0 Å². The standard InChI is InChI=1S/C13H22FNO4/c1-13(2,3)19-12(16)15-5-4-11(10(14)6-15)18-8-9-7-17-9/h9-11H,4-8H2,1-3H3/t9-,10-,11-/m1/s1. The molecule has 0 N–H and O–H groups in total. The number of alkyl halides is 1. The Labute approximate surface area is 113 Å². The number of ether oxygens (including phenoxy) is 3. The van der Waals surface area contributed by atoms with Crippen molar-refractivity contribution in [1.82, 2.24) is 4.90 Å². The SMILES string of the molecule is CC(C)(C)OC(=O)N1CC[C@@H](OC[C@H]2CO2)[C@H](F)C1. The van der Waals surface area contributed by atoms with E-state index in [1.165, 1.54) is 4.90 Å². The molecule has 2 aliphatic rings. The van der Waals surface area contributed by atoms with Crippen LogP contribution in [-0.4, -0.2) is 61.3 Å². The van der Waals surface area contributed by atoms with Crippen molar-refractivity contribution in [1.29, 1.82) is 0 Å². The number of nitrogens with zero attached hydrogens (tertiary/aromatic N) is 1. The van der Waals surface area contributed by atoms with Crippen LogP contribution in [0.4, 0.5) is 9.18 Å². The van der Waals surface area contributed by atoms with Gasteiger partial charge in [-0.3, -0.25) is 0 Å². The van der Waals surface area contributed by atoms with Crippen molar-refractivity contribution in [2.24, 2.45) is 0 Å². The minimum Gasteiger partial charge on any atom is -0.444 e. The van der Waals surface area contributed by atoms with Crippen LogP contribution in [0.5, 0.6) is 0 Å². The number of epoxide rings is 1. The lowest BCUT2D eigenvalue weighted by Gasteiger charge is -2.35. The summed E-state index contributed by atoms with van der Waals surface area (Å²) in [6, 6.07) is 0. The van der Waals surface area contributed by atoms with Crippen LogP contribution < -0.4 is 0 Å². The Morgan fingerprint density at radius 2 is 2.16 bits per heavy atom. The van der Waals surface area contributed by atoms with E-state index in [-0.39, 0.29) is 12.6 Å². The van der Waals surface area contributed by atoms with E-state index in [2.05, 4.69) is 0 Å². The highest BCUT2D eigenvalue weighted by Crippen LogP contribution is 2.21. The molecule has 2 aliphatic heterocycles. The molecular formula is C13H22FNO4. The molecule has 110 valence electrons. The Balaban J connectivity index is 1.76. The Morgan fingerprint density at radius 1 is 1.47 bits per heavy atom. The van der Waals surface area contributed by atoms with Crippen LogP contribution >= 0.6 is 0 Å². The molecule has 2 rings (SSSR count). The first-order chi connectivity index (χ1) is 8.85. The van der Waals surface area contributed by atoms with E-state index in [4.69, 9.17) is 14.2 Å². The van der Waals surface area contributed by atoms with E-state index in [9.17, 15) is 9.18 Å². The van der Waals surface area contributed by atoms with Gasteiger partial charge < -0.3 is 19.1 Å². The number of halogens is 1.